The Morgan fingerprint density at radius 1 is 1.21 bits per heavy atom. The van der Waals surface area contributed by atoms with Gasteiger partial charge in [0.05, 0.1) is 12.2 Å². The van der Waals surface area contributed by atoms with Crippen LogP contribution < -0.4 is 4.90 Å². The topological polar surface area (TPSA) is 55.3 Å². The fourth-order valence-corrected chi connectivity index (χ4v) is 2.75. The molecule has 0 aliphatic carbocycles. The number of Topliss-reactive ketones (excluding diaryl/α,β-unsaturated/α-hetero) is 1. The minimum absolute atomic E-state index is 0.293. The third-order valence-corrected chi connectivity index (χ3v) is 3.89. The van der Waals surface area contributed by atoms with E-state index in [1.54, 1.807) is 0 Å². The molecular formula is C14H19N3O2. The third-order valence-electron chi connectivity index (χ3n) is 3.89. The van der Waals surface area contributed by atoms with Gasteiger partial charge in [-0.05, 0) is 31.4 Å². The second-order valence-electron chi connectivity index (χ2n) is 5.27. The van der Waals surface area contributed by atoms with Gasteiger partial charge in [-0.3, -0.25) is 4.79 Å². The first-order valence-corrected chi connectivity index (χ1v) is 7.01. The quantitative estimate of drug-likeness (QED) is 0.808. The van der Waals surface area contributed by atoms with Crippen LogP contribution in [0.2, 0.25) is 0 Å². The molecule has 2 aliphatic rings. The number of hydrogen-bond acceptors (Lipinski definition) is 5. The largest absolute Gasteiger partial charge is 0.381 e. The molecule has 102 valence electrons. The lowest BCUT2D eigenvalue weighted by atomic mass is 9.96. The lowest BCUT2D eigenvalue weighted by Crippen LogP contribution is -2.36. The van der Waals surface area contributed by atoms with E-state index in [4.69, 9.17) is 4.74 Å². The predicted molar refractivity (Wildman–Crippen MR) is 71.3 cm³/mol. The lowest BCUT2D eigenvalue weighted by Gasteiger charge is -2.27. The molecule has 0 amide bonds. The second-order valence-corrected chi connectivity index (χ2v) is 5.27. The molecule has 0 aromatic carbocycles. The number of rotatable bonds is 2. The summed E-state index contributed by atoms with van der Waals surface area (Å²) in [6.07, 6.45) is 3.67. The highest BCUT2D eigenvalue weighted by Crippen LogP contribution is 2.25. The Morgan fingerprint density at radius 3 is 2.74 bits per heavy atom. The summed E-state index contributed by atoms with van der Waals surface area (Å²) in [6, 6.07) is 4.05. The summed E-state index contributed by atoms with van der Waals surface area (Å²) >= 11 is 0. The fraction of sp³-hybridized carbons (Fsp3) is 0.643. The van der Waals surface area contributed by atoms with Crippen molar-refractivity contribution in [3.05, 3.63) is 17.8 Å². The fourth-order valence-electron chi connectivity index (χ4n) is 2.75. The van der Waals surface area contributed by atoms with Crippen molar-refractivity contribution >= 4 is 11.6 Å². The molecule has 0 radical (unpaired) electrons. The van der Waals surface area contributed by atoms with Crippen molar-refractivity contribution in [3.63, 3.8) is 0 Å². The molecule has 1 aromatic rings. The molecule has 2 fully saturated rings. The summed E-state index contributed by atoms with van der Waals surface area (Å²) < 4.78 is 5.36. The van der Waals surface area contributed by atoms with Crippen molar-refractivity contribution in [2.75, 3.05) is 31.2 Å². The van der Waals surface area contributed by atoms with E-state index < -0.39 is 0 Å². The Hall–Kier alpha value is -1.49. The smallest absolute Gasteiger partial charge is 0.152 e. The molecule has 5 nitrogen and oxygen atoms in total. The van der Waals surface area contributed by atoms with Crippen molar-refractivity contribution in [2.24, 2.45) is 0 Å². The van der Waals surface area contributed by atoms with Crippen molar-refractivity contribution in [1.82, 2.24) is 10.2 Å². The summed E-state index contributed by atoms with van der Waals surface area (Å²) in [5, 5.41) is 8.64. The molecule has 3 heterocycles. The van der Waals surface area contributed by atoms with Crippen LogP contribution in [0.3, 0.4) is 0 Å². The number of anilines is 1. The second kappa shape index (κ2) is 5.65. The van der Waals surface area contributed by atoms with Crippen molar-refractivity contribution in [2.45, 2.75) is 31.6 Å². The molecule has 0 saturated carbocycles. The first-order chi connectivity index (χ1) is 9.33. The average molecular weight is 261 g/mol. The number of piperidine rings is 1. The van der Waals surface area contributed by atoms with E-state index in [2.05, 4.69) is 16.3 Å². The maximum absolute atomic E-state index is 11.5. The Morgan fingerprint density at radius 2 is 2.05 bits per heavy atom. The van der Waals surface area contributed by atoms with Crippen molar-refractivity contribution < 1.29 is 9.53 Å². The van der Waals surface area contributed by atoms with Gasteiger partial charge in [-0.2, -0.15) is 5.10 Å². The number of ether oxygens (including phenoxy) is 1. The zero-order chi connectivity index (χ0) is 13.1. The number of nitrogens with zero attached hydrogens (tertiary/aromatic N) is 3. The minimum Gasteiger partial charge on any atom is -0.381 e. The predicted octanol–water partition coefficient (Wildman–Crippen LogP) is 1.54. The van der Waals surface area contributed by atoms with E-state index in [0.29, 0.717) is 24.7 Å². The van der Waals surface area contributed by atoms with Gasteiger partial charge in [0.15, 0.2) is 11.6 Å². The molecule has 0 bridgehead atoms. The SMILES string of the molecule is O=C1CCCN(c2ccc(C3CCOCC3)nn2)C1. The molecule has 19 heavy (non-hydrogen) atoms. The molecule has 0 atom stereocenters. The van der Waals surface area contributed by atoms with Crippen LogP contribution in [0, 0.1) is 0 Å². The first-order valence-electron chi connectivity index (χ1n) is 7.01. The normalized spacial score (nSPS) is 21.7. The molecule has 2 saturated heterocycles. The summed E-state index contributed by atoms with van der Waals surface area (Å²) in [5.74, 6) is 1.59. The minimum atomic E-state index is 0.293. The number of ketones is 1. The summed E-state index contributed by atoms with van der Waals surface area (Å²) in [4.78, 5) is 13.5. The number of carbonyl (C=O) groups is 1. The molecular weight excluding hydrogens is 242 g/mol. The van der Waals surface area contributed by atoms with Crippen molar-refractivity contribution in [3.8, 4) is 0 Å². The van der Waals surface area contributed by atoms with Gasteiger partial charge in [0.2, 0.25) is 0 Å². The van der Waals surface area contributed by atoms with Gasteiger partial charge in [0, 0.05) is 32.1 Å². The van der Waals surface area contributed by atoms with E-state index >= 15 is 0 Å². The maximum Gasteiger partial charge on any atom is 0.152 e. The van der Waals surface area contributed by atoms with E-state index in [0.717, 1.165) is 50.5 Å². The van der Waals surface area contributed by atoms with Gasteiger partial charge < -0.3 is 9.64 Å². The van der Waals surface area contributed by atoms with Gasteiger partial charge >= 0.3 is 0 Å². The average Bonchev–Trinajstić information content (AvgIpc) is 2.48. The van der Waals surface area contributed by atoms with Crippen LogP contribution in [0.4, 0.5) is 5.82 Å². The summed E-state index contributed by atoms with van der Waals surface area (Å²) in [7, 11) is 0. The molecule has 1 aromatic heterocycles. The Kier molecular flexibility index (Phi) is 3.73. The van der Waals surface area contributed by atoms with Crippen LogP contribution in [0.15, 0.2) is 12.1 Å². The summed E-state index contributed by atoms with van der Waals surface area (Å²) in [5.41, 5.74) is 1.05. The van der Waals surface area contributed by atoms with Gasteiger partial charge in [-0.1, -0.05) is 0 Å². The Balaban J connectivity index is 1.69. The highest BCUT2D eigenvalue weighted by atomic mass is 16.5. The van der Waals surface area contributed by atoms with E-state index in [9.17, 15) is 4.79 Å². The van der Waals surface area contributed by atoms with Gasteiger partial charge in [-0.15, -0.1) is 5.10 Å². The molecule has 5 heteroatoms. The van der Waals surface area contributed by atoms with Crippen LogP contribution in [0.1, 0.15) is 37.3 Å². The molecule has 0 unspecified atom stereocenters. The van der Waals surface area contributed by atoms with Gasteiger partial charge in [0.1, 0.15) is 0 Å². The summed E-state index contributed by atoms with van der Waals surface area (Å²) in [6.45, 7) is 3.01. The monoisotopic (exact) mass is 261 g/mol. The van der Waals surface area contributed by atoms with Crippen molar-refractivity contribution in [1.29, 1.82) is 0 Å². The zero-order valence-corrected chi connectivity index (χ0v) is 11.0. The van der Waals surface area contributed by atoms with Crippen LogP contribution in [0.25, 0.3) is 0 Å². The Bertz CT molecular complexity index is 441. The number of carbonyl (C=O) groups excluding carboxylic acids is 1. The highest BCUT2D eigenvalue weighted by Gasteiger charge is 2.20. The first kappa shape index (κ1) is 12.5. The van der Waals surface area contributed by atoms with Crippen LogP contribution in [0.5, 0.6) is 0 Å². The standard InChI is InChI=1S/C14H19N3O2/c18-12-2-1-7-17(10-12)14-4-3-13(15-16-14)11-5-8-19-9-6-11/h3-4,11H,1-2,5-10H2. The molecule has 3 rings (SSSR count). The van der Waals surface area contributed by atoms with Crippen LogP contribution in [-0.2, 0) is 9.53 Å². The Labute approximate surface area is 113 Å². The molecule has 0 spiro atoms. The highest BCUT2D eigenvalue weighted by molar-refractivity contribution is 5.84. The van der Waals surface area contributed by atoms with E-state index in [-0.39, 0.29) is 0 Å². The van der Waals surface area contributed by atoms with Crippen LogP contribution in [-0.4, -0.2) is 42.3 Å². The van der Waals surface area contributed by atoms with E-state index in [1.807, 2.05) is 11.0 Å². The number of hydrogen-bond donors (Lipinski definition) is 0. The van der Waals surface area contributed by atoms with E-state index in [1.165, 1.54) is 0 Å². The lowest BCUT2D eigenvalue weighted by molar-refractivity contribution is -0.118. The molecule has 0 N–H and O–H groups in total. The third kappa shape index (κ3) is 2.92. The van der Waals surface area contributed by atoms with Gasteiger partial charge in [-0.25, -0.2) is 0 Å². The number of aromatic nitrogens is 2. The zero-order valence-electron chi connectivity index (χ0n) is 11.0. The molecule has 2 aliphatic heterocycles. The van der Waals surface area contributed by atoms with Gasteiger partial charge in [0.25, 0.3) is 0 Å². The maximum atomic E-state index is 11.5. The van der Waals surface area contributed by atoms with Crippen LogP contribution >= 0.6 is 0 Å².